The Hall–Kier alpha value is -6.12. The highest BCUT2D eigenvalue weighted by molar-refractivity contribution is 5.82. The maximum atomic E-state index is 2.35. The first-order chi connectivity index (χ1) is 23.6. The van der Waals surface area contributed by atoms with Gasteiger partial charge in [-0.2, -0.15) is 0 Å². The lowest BCUT2D eigenvalue weighted by Gasteiger charge is -2.28. The predicted octanol–water partition coefficient (Wildman–Crippen LogP) is 13.1. The van der Waals surface area contributed by atoms with Crippen LogP contribution in [0.25, 0.3) is 23.3 Å². The molecule has 0 bridgehead atoms. The van der Waals surface area contributed by atoms with Gasteiger partial charge in [-0.3, -0.25) is 0 Å². The summed E-state index contributed by atoms with van der Waals surface area (Å²) in [5, 5.41) is 0. The SMILES string of the molecule is Cc1ccccc1N(c1ccc(C=Cc2ccc(N(c3ccccc3)c3ccc(-c4ccccc4)cc3)cc2)cc1)c1ccccc1C. The van der Waals surface area contributed by atoms with Crippen LogP contribution >= 0.6 is 0 Å². The van der Waals surface area contributed by atoms with Crippen molar-refractivity contribution in [2.24, 2.45) is 0 Å². The van der Waals surface area contributed by atoms with Gasteiger partial charge in [0.05, 0.1) is 0 Å². The fourth-order valence-corrected chi connectivity index (χ4v) is 6.16. The summed E-state index contributed by atoms with van der Waals surface area (Å²) in [6.45, 7) is 4.34. The smallest absolute Gasteiger partial charge is 0.0490 e. The van der Waals surface area contributed by atoms with Gasteiger partial charge < -0.3 is 9.80 Å². The van der Waals surface area contributed by atoms with Crippen LogP contribution in [0.1, 0.15) is 22.3 Å². The van der Waals surface area contributed by atoms with E-state index >= 15 is 0 Å². The van der Waals surface area contributed by atoms with Crippen molar-refractivity contribution in [3.8, 4) is 11.1 Å². The maximum absolute atomic E-state index is 2.35. The summed E-state index contributed by atoms with van der Waals surface area (Å²) in [4.78, 5) is 4.65. The van der Waals surface area contributed by atoms with Crippen molar-refractivity contribution in [1.29, 1.82) is 0 Å². The summed E-state index contributed by atoms with van der Waals surface area (Å²) in [6.07, 6.45) is 4.36. The Balaban J connectivity index is 1.13. The zero-order chi connectivity index (χ0) is 32.7. The van der Waals surface area contributed by atoms with Gasteiger partial charge in [0.2, 0.25) is 0 Å². The van der Waals surface area contributed by atoms with E-state index in [-0.39, 0.29) is 0 Å². The van der Waals surface area contributed by atoms with Gasteiger partial charge in [-0.05, 0) is 108 Å². The molecule has 0 aliphatic carbocycles. The molecule has 0 atom stereocenters. The molecule has 0 saturated heterocycles. The predicted molar refractivity (Wildman–Crippen MR) is 206 cm³/mol. The highest BCUT2D eigenvalue weighted by atomic mass is 15.1. The largest absolute Gasteiger partial charge is 0.311 e. The van der Waals surface area contributed by atoms with Crippen molar-refractivity contribution in [3.63, 3.8) is 0 Å². The van der Waals surface area contributed by atoms with Crippen LogP contribution in [0.2, 0.25) is 0 Å². The molecule has 2 nitrogen and oxygen atoms in total. The average Bonchev–Trinajstić information content (AvgIpc) is 3.15. The van der Waals surface area contributed by atoms with Crippen LogP contribution in [-0.2, 0) is 0 Å². The van der Waals surface area contributed by atoms with Crippen molar-refractivity contribution in [3.05, 3.63) is 204 Å². The molecule has 232 valence electrons. The van der Waals surface area contributed by atoms with Gasteiger partial charge >= 0.3 is 0 Å². The van der Waals surface area contributed by atoms with Crippen molar-refractivity contribution in [2.45, 2.75) is 13.8 Å². The highest BCUT2D eigenvalue weighted by Gasteiger charge is 2.16. The second-order valence-electron chi connectivity index (χ2n) is 12.0. The van der Waals surface area contributed by atoms with E-state index in [0.717, 1.165) is 33.9 Å². The molecule has 48 heavy (non-hydrogen) atoms. The van der Waals surface area contributed by atoms with E-state index in [1.807, 2.05) is 0 Å². The summed E-state index contributed by atoms with van der Waals surface area (Å²) in [5.74, 6) is 0. The van der Waals surface area contributed by atoms with E-state index in [4.69, 9.17) is 0 Å². The number of rotatable bonds is 9. The van der Waals surface area contributed by atoms with Gasteiger partial charge in [0, 0.05) is 34.1 Å². The van der Waals surface area contributed by atoms with Crippen LogP contribution in [0.4, 0.5) is 34.1 Å². The second kappa shape index (κ2) is 14.1. The lowest BCUT2D eigenvalue weighted by molar-refractivity contribution is 1.22. The Bertz CT molecular complexity index is 2070. The molecule has 0 saturated carbocycles. The van der Waals surface area contributed by atoms with Crippen LogP contribution in [-0.4, -0.2) is 0 Å². The molecule has 0 N–H and O–H groups in total. The molecular formula is C46H38N2. The first-order valence-electron chi connectivity index (χ1n) is 16.4. The molecular weight excluding hydrogens is 581 g/mol. The lowest BCUT2D eigenvalue weighted by Crippen LogP contribution is -2.12. The monoisotopic (exact) mass is 618 g/mol. The Labute approximate surface area is 284 Å². The molecule has 0 spiro atoms. The number of hydrogen-bond acceptors (Lipinski definition) is 2. The molecule has 0 fully saturated rings. The van der Waals surface area contributed by atoms with Crippen LogP contribution in [0, 0.1) is 13.8 Å². The first-order valence-corrected chi connectivity index (χ1v) is 16.4. The number of nitrogens with zero attached hydrogens (tertiary/aromatic N) is 2. The van der Waals surface area contributed by atoms with Crippen molar-refractivity contribution in [1.82, 2.24) is 0 Å². The van der Waals surface area contributed by atoms with Gasteiger partial charge in [-0.15, -0.1) is 0 Å². The molecule has 0 aliphatic rings. The van der Waals surface area contributed by atoms with E-state index in [9.17, 15) is 0 Å². The van der Waals surface area contributed by atoms with Crippen LogP contribution in [0.3, 0.4) is 0 Å². The number of para-hydroxylation sites is 3. The average molecular weight is 619 g/mol. The molecule has 0 amide bonds. The minimum atomic E-state index is 1.11. The summed E-state index contributed by atoms with van der Waals surface area (Å²) in [7, 11) is 0. The molecule has 0 aliphatic heterocycles. The van der Waals surface area contributed by atoms with Gasteiger partial charge in [-0.25, -0.2) is 0 Å². The highest BCUT2D eigenvalue weighted by Crippen LogP contribution is 2.39. The summed E-state index contributed by atoms with van der Waals surface area (Å²) >= 11 is 0. The third-order valence-electron chi connectivity index (χ3n) is 8.73. The van der Waals surface area contributed by atoms with Crippen LogP contribution < -0.4 is 9.80 Å². The molecule has 0 unspecified atom stereocenters. The fraction of sp³-hybridized carbons (Fsp3) is 0.0435. The van der Waals surface area contributed by atoms with E-state index in [1.54, 1.807) is 0 Å². The molecule has 7 rings (SSSR count). The third kappa shape index (κ3) is 6.70. The summed E-state index contributed by atoms with van der Waals surface area (Å²) < 4.78 is 0. The molecule has 7 aromatic carbocycles. The molecule has 0 heterocycles. The Morgan fingerprint density at radius 3 is 1.15 bits per heavy atom. The molecule has 2 heteroatoms. The van der Waals surface area contributed by atoms with Gasteiger partial charge in [0.25, 0.3) is 0 Å². The van der Waals surface area contributed by atoms with Crippen molar-refractivity contribution >= 4 is 46.3 Å². The topological polar surface area (TPSA) is 6.48 Å². The standard InChI is InChI=1S/C46H38N2/c1-35-13-9-11-19-45(35)48(46-20-12-10-14-36(46)2)44-31-25-38(26-32-44)22-21-37-23-29-42(30-24-37)47(41-17-7-4-8-18-41)43-33-27-40(28-34-43)39-15-5-3-6-16-39/h3-34H,1-2H3. The Morgan fingerprint density at radius 2 is 0.667 bits per heavy atom. The molecule has 0 radical (unpaired) electrons. The van der Waals surface area contributed by atoms with Crippen LogP contribution in [0.5, 0.6) is 0 Å². The minimum absolute atomic E-state index is 1.11. The number of benzene rings is 7. The lowest BCUT2D eigenvalue weighted by atomic mass is 10.0. The van der Waals surface area contributed by atoms with E-state index in [0.29, 0.717) is 0 Å². The Morgan fingerprint density at radius 1 is 0.312 bits per heavy atom. The zero-order valence-corrected chi connectivity index (χ0v) is 27.4. The number of hydrogen-bond donors (Lipinski definition) is 0. The van der Waals surface area contributed by atoms with Gasteiger partial charge in [0.15, 0.2) is 0 Å². The molecule has 0 aromatic heterocycles. The van der Waals surface area contributed by atoms with Crippen molar-refractivity contribution in [2.75, 3.05) is 9.80 Å². The fourth-order valence-electron chi connectivity index (χ4n) is 6.16. The second-order valence-corrected chi connectivity index (χ2v) is 12.0. The third-order valence-corrected chi connectivity index (χ3v) is 8.73. The van der Waals surface area contributed by atoms with Crippen LogP contribution in [0.15, 0.2) is 182 Å². The quantitative estimate of drug-likeness (QED) is 0.149. The number of anilines is 6. The van der Waals surface area contributed by atoms with E-state index in [2.05, 4.69) is 218 Å². The first kappa shape index (κ1) is 30.5. The summed E-state index contributed by atoms with van der Waals surface area (Å²) in [6, 6.07) is 64.6. The maximum Gasteiger partial charge on any atom is 0.0490 e. The minimum Gasteiger partial charge on any atom is -0.311 e. The van der Waals surface area contributed by atoms with Gasteiger partial charge in [-0.1, -0.05) is 133 Å². The normalized spacial score (nSPS) is 11.0. The summed E-state index contributed by atoms with van der Waals surface area (Å²) in [5.41, 5.74) is 14.1. The van der Waals surface area contributed by atoms with E-state index in [1.165, 1.54) is 33.6 Å². The number of aryl methyl sites for hydroxylation is 2. The van der Waals surface area contributed by atoms with E-state index < -0.39 is 0 Å². The van der Waals surface area contributed by atoms with Crippen molar-refractivity contribution < 1.29 is 0 Å². The zero-order valence-electron chi connectivity index (χ0n) is 27.4. The van der Waals surface area contributed by atoms with Gasteiger partial charge in [0.1, 0.15) is 0 Å². The molecule has 7 aromatic rings. The Kier molecular flexibility index (Phi) is 8.97.